The Hall–Kier alpha value is -1.34. The molecular weight excluding hydrogens is 310 g/mol. The predicted octanol–water partition coefficient (Wildman–Crippen LogP) is 3.25. The predicted molar refractivity (Wildman–Crippen MR) is 67.3 cm³/mol. The molecule has 2 aromatic rings. The topological polar surface area (TPSA) is 79.5 Å². The SMILES string of the molecule is CCc1c(Br)n(C(=O)O)c2cc(C(=O)O)sc12. The molecule has 2 aromatic heterocycles. The Morgan fingerprint density at radius 3 is 2.59 bits per heavy atom. The zero-order valence-electron chi connectivity index (χ0n) is 8.73. The van der Waals surface area contributed by atoms with E-state index in [1.54, 1.807) is 0 Å². The van der Waals surface area contributed by atoms with Crippen LogP contribution < -0.4 is 0 Å². The Morgan fingerprint density at radius 1 is 1.47 bits per heavy atom. The average Bonchev–Trinajstić information content (AvgIpc) is 2.72. The molecule has 0 atom stereocenters. The van der Waals surface area contributed by atoms with Crippen LogP contribution in [0.25, 0.3) is 10.2 Å². The van der Waals surface area contributed by atoms with Crippen molar-refractivity contribution < 1.29 is 19.8 Å². The van der Waals surface area contributed by atoms with Gasteiger partial charge >= 0.3 is 12.1 Å². The molecule has 0 unspecified atom stereocenters. The number of hydrogen-bond acceptors (Lipinski definition) is 3. The number of aromatic carboxylic acids is 1. The molecule has 0 aliphatic rings. The van der Waals surface area contributed by atoms with Crippen LogP contribution in [-0.4, -0.2) is 26.8 Å². The fraction of sp³-hybridized carbons (Fsp3) is 0.200. The van der Waals surface area contributed by atoms with Gasteiger partial charge in [-0.2, -0.15) is 0 Å². The lowest BCUT2D eigenvalue weighted by molar-refractivity contribution is 0.0702. The molecule has 0 spiro atoms. The molecule has 0 saturated carbocycles. The van der Waals surface area contributed by atoms with Crippen LogP contribution in [0.4, 0.5) is 4.79 Å². The highest BCUT2D eigenvalue weighted by Crippen LogP contribution is 2.36. The Labute approximate surface area is 108 Å². The highest BCUT2D eigenvalue weighted by molar-refractivity contribution is 9.10. The van der Waals surface area contributed by atoms with Crippen molar-refractivity contribution >= 4 is 49.5 Å². The molecule has 0 aliphatic carbocycles. The number of aromatic nitrogens is 1. The fourth-order valence-corrected chi connectivity index (χ4v) is 3.75. The quantitative estimate of drug-likeness (QED) is 0.891. The van der Waals surface area contributed by atoms with E-state index < -0.39 is 12.1 Å². The summed E-state index contributed by atoms with van der Waals surface area (Å²) in [6.07, 6.45) is -0.493. The monoisotopic (exact) mass is 317 g/mol. The smallest absolute Gasteiger partial charge is 0.416 e. The number of carboxylic acids is 1. The van der Waals surface area contributed by atoms with Gasteiger partial charge in [-0.25, -0.2) is 14.2 Å². The summed E-state index contributed by atoms with van der Waals surface area (Å²) in [5.74, 6) is -1.04. The first-order valence-corrected chi connectivity index (χ1v) is 6.37. The summed E-state index contributed by atoms with van der Waals surface area (Å²) in [6, 6.07) is 1.39. The molecule has 0 bridgehead atoms. The molecule has 0 aliphatic heterocycles. The van der Waals surface area contributed by atoms with Crippen molar-refractivity contribution in [1.29, 1.82) is 0 Å². The summed E-state index contributed by atoms with van der Waals surface area (Å²) >= 11 is 4.33. The number of aryl methyl sites for hydroxylation is 1. The van der Waals surface area contributed by atoms with Crippen LogP contribution in [0.15, 0.2) is 10.7 Å². The number of halogens is 1. The van der Waals surface area contributed by atoms with Crippen molar-refractivity contribution in [3.8, 4) is 0 Å². The van der Waals surface area contributed by atoms with Gasteiger partial charge in [0.15, 0.2) is 0 Å². The third kappa shape index (κ3) is 1.75. The van der Waals surface area contributed by atoms with Crippen molar-refractivity contribution in [1.82, 2.24) is 4.57 Å². The Bertz CT molecular complexity index is 628. The molecule has 0 radical (unpaired) electrons. The van der Waals surface area contributed by atoms with E-state index in [1.807, 2.05) is 6.92 Å². The number of fused-ring (bicyclic) bond motifs is 1. The zero-order chi connectivity index (χ0) is 12.7. The van der Waals surface area contributed by atoms with Gasteiger partial charge in [0.2, 0.25) is 0 Å². The number of thiophene rings is 1. The lowest BCUT2D eigenvalue weighted by atomic mass is 10.2. The van der Waals surface area contributed by atoms with Crippen LogP contribution in [-0.2, 0) is 6.42 Å². The van der Waals surface area contributed by atoms with Crippen LogP contribution in [0.2, 0.25) is 0 Å². The third-order valence-electron chi connectivity index (χ3n) is 2.43. The van der Waals surface area contributed by atoms with Gasteiger partial charge in [-0.3, -0.25) is 0 Å². The van der Waals surface area contributed by atoms with E-state index in [0.29, 0.717) is 21.2 Å². The fourth-order valence-electron chi connectivity index (χ4n) is 1.70. The van der Waals surface area contributed by atoms with Crippen LogP contribution in [0, 0.1) is 0 Å². The largest absolute Gasteiger partial charge is 0.477 e. The van der Waals surface area contributed by atoms with Crippen molar-refractivity contribution in [3.05, 3.63) is 21.1 Å². The number of rotatable bonds is 2. The van der Waals surface area contributed by atoms with E-state index in [9.17, 15) is 9.59 Å². The van der Waals surface area contributed by atoms with E-state index in [2.05, 4.69) is 15.9 Å². The van der Waals surface area contributed by atoms with Crippen molar-refractivity contribution in [2.75, 3.05) is 0 Å². The maximum Gasteiger partial charge on any atom is 0.416 e. The first-order valence-electron chi connectivity index (χ1n) is 4.76. The van der Waals surface area contributed by atoms with Crippen molar-refractivity contribution in [2.45, 2.75) is 13.3 Å². The van der Waals surface area contributed by atoms with E-state index >= 15 is 0 Å². The van der Waals surface area contributed by atoms with Gasteiger partial charge < -0.3 is 10.2 Å². The van der Waals surface area contributed by atoms with Gasteiger partial charge in [-0.15, -0.1) is 11.3 Å². The standard InChI is InChI=1S/C10H8BrNO4S/c1-2-4-7-5(3-6(17-7)9(13)14)12(8(4)11)10(15)16/h3H,2H2,1H3,(H,13,14)(H,15,16). The number of carboxylic acid groups (broad SMARTS) is 2. The molecular formula is C10H8BrNO4S. The molecule has 0 fully saturated rings. The molecule has 0 aromatic carbocycles. The van der Waals surface area contributed by atoms with Gasteiger partial charge in [0, 0.05) is 5.56 Å². The lowest BCUT2D eigenvalue weighted by Crippen LogP contribution is -2.07. The summed E-state index contributed by atoms with van der Waals surface area (Å²) in [7, 11) is 0. The number of nitrogens with zero attached hydrogens (tertiary/aromatic N) is 1. The summed E-state index contributed by atoms with van der Waals surface area (Å²) in [5.41, 5.74) is 1.24. The minimum absolute atomic E-state index is 0.146. The van der Waals surface area contributed by atoms with E-state index in [4.69, 9.17) is 10.2 Å². The van der Waals surface area contributed by atoms with E-state index in [0.717, 1.165) is 21.5 Å². The Kier molecular flexibility index (Phi) is 2.96. The molecule has 7 heteroatoms. The van der Waals surface area contributed by atoms with E-state index in [1.165, 1.54) is 6.07 Å². The maximum atomic E-state index is 11.1. The van der Waals surface area contributed by atoms with Gasteiger partial charge in [0.1, 0.15) is 9.48 Å². The third-order valence-corrected chi connectivity index (χ3v) is 4.43. The number of hydrogen-bond donors (Lipinski definition) is 2. The summed E-state index contributed by atoms with van der Waals surface area (Å²) in [6.45, 7) is 1.89. The normalized spacial score (nSPS) is 10.9. The van der Waals surface area contributed by atoms with Gasteiger partial charge in [-0.05, 0) is 28.4 Å². The van der Waals surface area contributed by atoms with Gasteiger partial charge in [-0.1, -0.05) is 6.92 Å². The lowest BCUT2D eigenvalue weighted by Gasteiger charge is -1.99. The second kappa shape index (κ2) is 4.15. The minimum Gasteiger partial charge on any atom is -0.477 e. The second-order valence-corrected chi connectivity index (χ2v) is 5.17. The van der Waals surface area contributed by atoms with Crippen molar-refractivity contribution in [2.24, 2.45) is 0 Å². The molecule has 0 amide bonds. The van der Waals surface area contributed by atoms with Crippen LogP contribution in [0.3, 0.4) is 0 Å². The minimum atomic E-state index is -1.13. The Balaban J connectivity index is 2.84. The van der Waals surface area contributed by atoms with Crippen molar-refractivity contribution in [3.63, 3.8) is 0 Å². The van der Waals surface area contributed by atoms with Crippen LogP contribution in [0.5, 0.6) is 0 Å². The Morgan fingerprint density at radius 2 is 2.12 bits per heavy atom. The molecule has 90 valence electrons. The summed E-state index contributed by atoms with van der Waals surface area (Å²) in [5, 5.41) is 18.0. The molecule has 17 heavy (non-hydrogen) atoms. The zero-order valence-corrected chi connectivity index (χ0v) is 11.1. The molecule has 2 N–H and O–H groups in total. The summed E-state index contributed by atoms with van der Waals surface area (Å²) in [4.78, 5) is 22.2. The molecule has 0 saturated heterocycles. The molecule has 5 nitrogen and oxygen atoms in total. The van der Waals surface area contributed by atoms with Gasteiger partial charge in [0.25, 0.3) is 0 Å². The molecule has 2 rings (SSSR count). The summed E-state index contributed by atoms with van der Waals surface area (Å²) < 4.78 is 2.25. The van der Waals surface area contributed by atoms with Crippen LogP contribution >= 0.6 is 27.3 Å². The van der Waals surface area contributed by atoms with Crippen LogP contribution in [0.1, 0.15) is 22.2 Å². The maximum absolute atomic E-state index is 11.1. The molecule has 2 heterocycles. The average molecular weight is 318 g/mol. The highest BCUT2D eigenvalue weighted by Gasteiger charge is 2.22. The number of carbonyl (C=O) groups is 2. The van der Waals surface area contributed by atoms with E-state index in [-0.39, 0.29) is 4.88 Å². The second-order valence-electron chi connectivity index (χ2n) is 3.37. The first kappa shape index (κ1) is 12.1. The highest BCUT2D eigenvalue weighted by atomic mass is 79.9. The van der Waals surface area contributed by atoms with Gasteiger partial charge in [0.05, 0.1) is 10.2 Å². The first-order chi connectivity index (χ1) is 7.97.